The van der Waals surface area contributed by atoms with Gasteiger partial charge in [-0.15, -0.1) is 0 Å². The van der Waals surface area contributed by atoms with Gasteiger partial charge >= 0.3 is 5.97 Å². The van der Waals surface area contributed by atoms with Crippen LogP contribution in [0.3, 0.4) is 0 Å². The van der Waals surface area contributed by atoms with E-state index in [2.05, 4.69) is 4.98 Å². The van der Waals surface area contributed by atoms with E-state index in [1.165, 1.54) is 12.1 Å². The Bertz CT molecular complexity index is 956. The Labute approximate surface area is 124 Å². The number of carbonyl (C=O) groups excluding carboxylic acids is 1. The molecule has 5 nitrogen and oxygen atoms in total. The van der Waals surface area contributed by atoms with Crippen LogP contribution in [-0.2, 0) is 4.79 Å². The highest BCUT2D eigenvalue weighted by molar-refractivity contribution is 6.39. The fourth-order valence-electron chi connectivity index (χ4n) is 2.29. The summed E-state index contributed by atoms with van der Waals surface area (Å²) in [5, 5.41) is 10.8. The number of Topliss-reactive ketones (excluding diaryl/α,β-unsaturated/α-hetero) is 1. The molecule has 0 aliphatic heterocycles. The molecule has 0 aliphatic carbocycles. The number of carbonyl (C=O) groups is 2. The Morgan fingerprint density at radius 1 is 0.909 bits per heavy atom. The van der Waals surface area contributed by atoms with Crippen molar-refractivity contribution in [3.63, 3.8) is 0 Å². The molecule has 0 amide bonds. The van der Waals surface area contributed by atoms with E-state index in [0.29, 0.717) is 5.69 Å². The highest BCUT2D eigenvalue weighted by atomic mass is 16.4. The summed E-state index contributed by atoms with van der Waals surface area (Å²) in [7, 11) is 0. The van der Waals surface area contributed by atoms with E-state index in [9.17, 15) is 14.4 Å². The molecule has 0 aliphatic rings. The quantitative estimate of drug-likeness (QED) is 0.573. The number of aromatic nitrogens is 1. The molecule has 0 saturated carbocycles. The van der Waals surface area contributed by atoms with E-state index in [-0.39, 0.29) is 5.56 Å². The van der Waals surface area contributed by atoms with E-state index in [0.717, 1.165) is 16.3 Å². The average Bonchev–Trinajstić information content (AvgIpc) is 2.53. The minimum atomic E-state index is -1.65. The standard InChI is InChI=1S/C17H11NO4/c19-15(17(21)22)13-7-8-14(18-16(13)20)12-6-5-10-3-1-2-4-11(10)9-12/h1-9H,(H,18,20)(H,21,22). The Morgan fingerprint density at radius 2 is 1.64 bits per heavy atom. The molecule has 1 aromatic heterocycles. The van der Waals surface area contributed by atoms with Crippen LogP contribution >= 0.6 is 0 Å². The van der Waals surface area contributed by atoms with Gasteiger partial charge in [0.05, 0.1) is 5.56 Å². The molecule has 1 heterocycles. The van der Waals surface area contributed by atoms with Gasteiger partial charge in [0.25, 0.3) is 11.3 Å². The van der Waals surface area contributed by atoms with Gasteiger partial charge < -0.3 is 10.1 Å². The first kappa shape index (κ1) is 13.8. The van der Waals surface area contributed by atoms with Gasteiger partial charge in [-0.3, -0.25) is 9.59 Å². The van der Waals surface area contributed by atoms with E-state index in [4.69, 9.17) is 5.11 Å². The molecule has 108 valence electrons. The highest BCUT2D eigenvalue weighted by Crippen LogP contribution is 2.22. The lowest BCUT2D eigenvalue weighted by atomic mass is 10.0. The molecular formula is C17H11NO4. The second kappa shape index (κ2) is 5.29. The molecule has 0 saturated heterocycles. The zero-order valence-corrected chi connectivity index (χ0v) is 11.4. The number of pyridine rings is 1. The number of rotatable bonds is 3. The van der Waals surface area contributed by atoms with Crippen molar-refractivity contribution in [2.45, 2.75) is 0 Å². The van der Waals surface area contributed by atoms with Gasteiger partial charge in [0.2, 0.25) is 0 Å². The van der Waals surface area contributed by atoms with Gasteiger partial charge in [-0.05, 0) is 34.5 Å². The first-order chi connectivity index (χ1) is 10.6. The number of aromatic amines is 1. The Kier molecular flexibility index (Phi) is 3.31. The van der Waals surface area contributed by atoms with Gasteiger partial charge in [-0.25, -0.2) is 4.79 Å². The predicted octanol–water partition coefficient (Wildman–Crippen LogP) is 2.46. The summed E-state index contributed by atoms with van der Waals surface area (Å²) in [4.78, 5) is 36.5. The van der Waals surface area contributed by atoms with Gasteiger partial charge in [0, 0.05) is 5.69 Å². The summed E-state index contributed by atoms with van der Waals surface area (Å²) in [6.07, 6.45) is 0. The van der Waals surface area contributed by atoms with Gasteiger partial charge in [-0.1, -0.05) is 36.4 Å². The lowest BCUT2D eigenvalue weighted by Gasteiger charge is -2.05. The minimum absolute atomic E-state index is 0.378. The van der Waals surface area contributed by atoms with Crippen molar-refractivity contribution >= 4 is 22.5 Å². The Hall–Kier alpha value is -3.21. The maximum absolute atomic E-state index is 11.9. The number of hydrogen-bond acceptors (Lipinski definition) is 3. The summed E-state index contributed by atoms with van der Waals surface area (Å²) in [5.74, 6) is -2.87. The number of nitrogens with one attached hydrogen (secondary N) is 1. The number of hydrogen-bond donors (Lipinski definition) is 2. The van der Waals surface area contributed by atoms with Crippen LogP contribution in [-0.4, -0.2) is 21.8 Å². The molecule has 0 atom stereocenters. The SMILES string of the molecule is O=C(O)C(=O)c1ccc(-c2ccc3ccccc3c2)[nH]c1=O. The molecule has 22 heavy (non-hydrogen) atoms. The van der Waals surface area contributed by atoms with Crippen molar-refractivity contribution in [1.82, 2.24) is 4.98 Å². The predicted molar refractivity (Wildman–Crippen MR) is 82.0 cm³/mol. The van der Waals surface area contributed by atoms with Gasteiger partial charge in [-0.2, -0.15) is 0 Å². The number of carboxylic acid groups (broad SMARTS) is 1. The van der Waals surface area contributed by atoms with Crippen LogP contribution in [0.25, 0.3) is 22.0 Å². The normalized spacial score (nSPS) is 10.5. The first-order valence-corrected chi connectivity index (χ1v) is 6.56. The topological polar surface area (TPSA) is 87.2 Å². The van der Waals surface area contributed by atoms with E-state index < -0.39 is 17.3 Å². The molecule has 0 radical (unpaired) electrons. The molecule has 3 rings (SSSR count). The van der Waals surface area contributed by atoms with Crippen LogP contribution in [0.15, 0.2) is 59.4 Å². The van der Waals surface area contributed by atoms with Crippen LogP contribution in [0.4, 0.5) is 0 Å². The second-order valence-electron chi connectivity index (χ2n) is 4.81. The zero-order chi connectivity index (χ0) is 15.7. The van der Waals surface area contributed by atoms with Gasteiger partial charge in [0.1, 0.15) is 0 Å². The lowest BCUT2D eigenvalue weighted by Crippen LogP contribution is -2.23. The molecule has 0 unspecified atom stereocenters. The fraction of sp³-hybridized carbons (Fsp3) is 0. The Balaban J connectivity index is 2.08. The number of benzene rings is 2. The van der Waals surface area contributed by atoms with Crippen LogP contribution in [0.1, 0.15) is 10.4 Å². The average molecular weight is 293 g/mol. The summed E-state index contributed by atoms with van der Waals surface area (Å²) in [6.45, 7) is 0. The van der Waals surface area contributed by atoms with Crippen LogP contribution < -0.4 is 5.56 Å². The number of ketones is 1. The van der Waals surface area contributed by atoms with Crippen molar-refractivity contribution in [2.75, 3.05) is 0 Å². The maximum atomic E-state index is 11.9. The summed E-state index contributed by atoms with van der Waals surface area (Å²) in [5.41, 5.74) is 0.220. The fourth-order valence-corrected chi connectivity index (χ4v) is 2.29. The third kappa shape index (κ3) is 2.40. The third-order valence-corrected chi connectivity index (χ3v) is 3.41. The van der Waals surface area contributed by atoms with Gasteiger partial charge in [0.15, 0.2) is 0 Å². The molecule has 5 heteroatoms. The first-order valence-electron chi connectivity index (χ1n) is 6.56. The molecule has 0 fully saturated rings. The number of aliphatic carboxylic acids is 1. The van der Waals surface area contributed by atoms with Crippen molar-refractivity contribution < 1.29 is 14.7 Å². The lowest BCUT2D eigenvalue weighted by molar-refractivity contribution is -0.131. The van der Waals surface area contributed by atoms with Crippen molar-refractivity contribution in [2.24, 2.45) is 0 Å². The van der Waals surface area contributed by atoms with Crippen LogP contribution in [0.5, 0.6) is 0 Å². The third-order valence-electron chi connectivity index (χ3n) is 3.41. The van der Waals surface area contributed by atoms with Crippen molar-refractivity contribution in [1.29, 1.82) is 0 Å². The number of carboxylic acids is 1. The molecule has 2 aromatic carbocycles. The highest BCUT2D eigenvalue weighted by Gasteiger charge is 2.18. The number of H-pyrrole nitrogens is 1. The van der Waals surface area contributed by atoms with E-state index >= 15 is 0 Å². The van der Waals surface area contributed by atoms with Crippen molar-refractivity contribution in [3.05, 3.63) is 70.5 Å². The minimum Gasteiger partial charge on any atom is -0.475 e. The summed E-state index contributed by atoms with van der Waals surface area (Å²) < 4.78 is 0. The molecular weight excluding hydrogens is 282 g/mol. The summed E-state index contributed by atoms with van der Waals surface area (Å²) >= 11 is 0. The molecule has 2 N–H and O–H groups in total. The summed E-state index contributed by atoms with van der Waals surface area (Å²) in [6, 6.07) is 16.3. The molecule has 3 aromatic rings. The Morgan fingerprint density at radius 3 is 2.32 bits per heavy atom. The largest absolute Gasteiger partial charge is 0.475 e. The van der Waals surface area contributed by atoms with Crippen LogP contribution in [0, 0.1) is 0 Å². The number of fused-ring (bicyclic) bond motifs is 1. The zero-order valence-electron chi connectivity index (χ0n) is 11.4. The van der Waals surface area contributed by atoms with Crippen molar-refractivity contribution in [3.8, 4) is 11.3 Å². The van der Waals surface area contributed by atoms with E-state index in [1.807, 2.05) is 42.5 Å². The van der Waals surface area contributed by atoms with E-state index in [1.54, 1.807) is 0 Å². The second-order valence-corrected chi connectivity index (χ2v) is 4.81. The molecule has 0 bridgehead atoms. The maximum Gasteiger partial charge on any atom is 0.377 e. The monoisotopic (exact) mass is 293 g/mol. The smallest absolute Gasteiger partial charge is 0.377 e. The van der Waals surface area contributed by atoms with Crippen LogP contribution in [0.2, 0.25) is 0 Å². The molecule has 0 spiro atoms.